The average molecular weight is 340 g/mol. The monoisotopic (exact) mass is 339 g/mol. The topological polar surface area (TPSA) is 57.8 Å². The Morgan fingerprint density at radius 3 is 2.67 bits per heavy atom. The highest BCUT2D eigenvalue weighted by atomic mass is 35.5. The lowest BCUT2D eigenvalue weighted by Crippen LogP contribution is -2.23. The predicted molar refractivity (Wildman–Crippen MR) is 95.6 cm³/mol. The number of halogens is 1. The fourth-order valence-electron chi connectivity index (χ4n) is 2.53. The molecule has 0 atom stereocenters. The maximum absolute atomic E-state index is 12.0. The number of amides is 1. The van der Waals surface area contributed by atoms with Crippen molar-refractivity contribution in [3.63, 3.8) is 0 Å². The van der Waals surface area contributed by atoms with Gasteiger partial charge in [0.2, 0.25) is 5.91 Å². The van der Waals surface area contributed by atoms with Crippen molar-refractivity contribution in [1.29, 1.82) is 0 Å². The number of nitrogens with one attached hydrogen (secondary N) is 2. The maximum atomic E-state index is 12.0. The molecule has 3 rings (SSSR count). The van der Waals surface area contributed by atoms with Crippen LogP contribution in [0.4, 0.5) is 0 Å². The minimum Gasteiger partial charge on any atom is -0.352 e. The minimum absolute atomic E-state index is 0.0114. The van der Waals surface area contributed by atoms with Crippen molar-refractivity contribution in [3.05, 3.63) is 77.3 Å². The first-order chi connectivity index (χ1) is 11.7. The molecule has 0 aliphatic heterocycles. The summed E-state index contributed by atoms with van der Waals surface area (Å²) in [5, 5.41) is 3.69. The van der Waals surface area contributed by atoms with Crippen LogP contribution >= 0.6 is 11.6 Å². The number of benzene rings is 2. The average Bonchev–Trinajstić information content (AvgIpc) is 3.13. The number of aromatic nitrogens is 2. The molecule has 0 unspecified atom stereocenters. The third-order valence-electron chi connectivity index (χ3n) is 3.79. The zero-order valence-corrected chi connectivity index (χ0v) is 13.9. The number of hydrogen-bond acceptors (Lipinski definition) is 2. The van der Waals surface area contributed by atoms with Crippen molar-refractivity contribution >= 4 is 17.5 Å². The zero-order valence-electron chi connectivity index (χ0n) is 13.1. The van der Waals surface area contributed by atoms with Gasteiger partial charge in [0, 0.05) is 36.8 Å². The lowest BCUT2D eigenvalue weighted by Gasteiger charge is -2.11. The Hall–Kier alpha value is -2.59. The van der Waals surface area contributed by atoms with Crippen LogP contribution in [0.3, 0.4) is 0 Å². The fourth-order valence-corrected chi connectivity index (χ4v) is 2.66. The molecular weight excluding hydrogens is 322 g/mol. The number of aromatic amines is 1. The predicted octanol–water partition coefficient (Wildman–Crippen LogP) is 3.98. The van der Waals surface area contributed by atoms with E-state index >= 15 is 0 Å². The Labute approximate surface area is 145 Å². The third kappa shape index (κ3) is 4.24. The first-order valence-electron chi connectivity index (χ1n) is 7.81. The van der Waals surface area contributed by atoms with Crippen molar-refractivity contribution in [2.75, 3.05) is 0 Å². The number of imidazole rings is 1. The normalized spacial score (nSPS) is 10.5. The van der Waals surface area contributed by atoms with E-state index in [2.05, 4.69) is 15.3 Å². The molecule has 0 radical (unpaired) electrons. The van der Waals surface area contributed by atoms with E-state index in [0.29, 0.717) is 24.4 Å². The Morgan fingerprint density at radius 1 is 1.12 bits per heavy atom. The van der Waals surface area contributed by atoms with E-state index < -0.39 is 0 Å². The van der Waals surface area contributed by atoms with Crippen molar-refractivity contribution in [1.82, 2.24) is 15.3 Å². The first-order valence-corrected chi connectivity index (χ1v) is 8.19. The number of nitrogens with zero attached hydrogens (tertiary/aromatic N) is 1. The summed E-state index contributed by atoms with van der Waals surface area (Å²) < 4.78 is 0. The van der Waals surface area contributed by atoms with Gasteiger partial charge in [-0.25, -0.2) is 4.98 Å². The molecule has 0 spiro atoms. The summed E-state index contributed by atoms with van der Waals surface area (Å²) >= 11 is 5.95. The smallest absolute Gasteiger partial charge is 0.220 e. The van der Waals surface area contributed by atoms with Crippen LogP contribution in [-0.2, 0) is 17.8 Å². The van der Waals surface area contributed by atoms with Crippen LogP contribution < -0.4 is 5.32 Å². The Morgan fingerprint density at radius 2 is 1.92 bits per heavy atom. The molecule has 0 saturated carbocycles. The number of H-pyrrole nitrogens is 1. The highest BCUT2D eigenvalue weighted by Gasteiger charge is 2.07. The molecule has 3 aromatic rings. The summed E-state index contributed by atoms with van der Waals surface area (Å²) in [6.45, 7) is 0.496. The highest BCUT2D eigenvalue weighted by Crippen LogP contribution is 2.25. The zero-order chi connectivity index (χ0) is 16.8. The summed E-state index contributed by atoms with van der Waals surface area (Å²) in [5.41, 5.74) is 3.26. The molecule has 122 valence electrons. The van der Waals surface area contributed by atoms with Crippen molar-refractivity contribution in [2.24, 2.45) is 0 Å². The molecular formula is C19H18ClN3O. The van der Waals surface area contributed by atoms with Gasteiger partial charge in [-0.2, -0.15) is 0 Å². The number of carbonyl (C=O) groups excluding carboxylic acids is 1. The van der Waals surface area contributed by atoms with Crippen LogP contribution in [0.15, 0.2) is 60.9 Å². The Balaban J connectivity index is 1.63. The number of aryl methyl sites for hydroxylation is 1. The molecule has 0 bridgehead atoms. The van der Waals surface area contributed by atoms with Gasteiger partial charge in [-0.3, -0.25) is 4.79 Å². The Kier molecular flexibility index (Phi) is 5.29. The largest absolute Gasteiger partial charge is 0.352 e. The molecule has 4 nitrogen and oxygen atoms in total. The summed E-state index contributed by atoms with van der Waals surface area (Å²) in [7, 11) is 0. The van der Waals surface area contributed by atoms with Crippen LogP contribution in [0.25, 0.3) is 11.1 Å². The van der Waals surface area contributed by atoms with E-state index in [1.165, 1.54) is 0 Å². The second-order valence-electron chi connectivity index (χ2n) is 5.48. The lowest BCUT2D eigenvalue weighted by molar-refractivity contribution is -0.121. The standard InChI is InChI=1S/C19H18ClN3O/c20-16-7-5-14(6-8-16)17-4-2-1-3-15(17)13-23-19(24)10-9-18-21-11-12-22-18/h1-8,11-12H,9-10,13H2,(H,21,22)(H,23,24). The quantitative estimate of drug-likeness (QED) is 0.713. The van der Waals surface area contributed by atoms with Crippen molar-refractivity contribution in [3.8, 4) is 11.1 Å². The van der Waals surface area contributed by atoms with E-state index in [1.807, 2.05) is 48.5 Å². The van der Waals surface area contributed by atoms with E-state index in [0.717, 1.165) is 22.5 Å². The van der Waals surface area contributed by atoms with Crippen LogP contribution in [0.5, 0.6) is 0 Å². The van der Waals surface area contributed by atoms with Crippen molar-refractivity contribution < 1.29 is 4.79 Å². The van der Waals surface area contributed by atoms with Gasteiger partial charge in [-0.15, -0.1) is 0 Å². The van der Waals surface area contributed by atoms with Gasteiger partial charge in [0.05, 0.1) is 0 Å². The third-order valence-corrected chi connectivity index (χ3v) is 4.04. The summed E-state index contributed by atoms with van der Waals surface area (Å²) in [6, 6.07) is 15.8. The summed E-state index contributed by atoms with van der Waals surface area (Å²) in [5.74, 6) is 0.837. The van der Waals surface area contributed by atoms with Crippen LogP contribution in [-0.4, -0.2) is 15.9 Å². The summed E-state index contributed by atoms with van der Waals surface area (Å²) in [4.78, 5) is 19.2. The van der Waals surface area contributed by atoms with Gasteiger partial charge < -0.3 is 10.3 Å². The second kappa shape index (κ2) is 7.79. The molecule has 0 fully saturated rings. The second-order valence-corrected chi connectivity index (χ2v) is 5.91. The molecule has 1 heterocycles. The number of carbonyl (C=O) groups is 1. The van der Waals surface area contributed by atoms with Gasteiger partial charge in [0.25, 0.3) is 0 Å². The van der Waals surface area contributed by atoms with E-state index in [-0.39, 0.29) is 5.91 Å². The molecule has 0 saturated heterocycles. The SMILES string of the molecule is O=C(CCc1ncc[nH]1)NCc1ccccc1-c1ccc(Cl)cc1. The van der Waals surface area contributed by atoms with Gasteiger partial charge in [-0.05, 0) is 28.8 Å². The van der Waals surface area contributed by atoms with Crippen molar-refractivity contribution in [2.45, 2.75) is 19.4 Å². The van der Waals surface area contributed by atoms with Crippen LogP contribution in [0.2, 0.25) is 5.02 Å². The number of hydrogen-bond donors (Lipinski definition) is 2. The van der Waals surface area contributed by atoms with E-state index in [4.69, 9.17) is 11.6 Å². The van der Waals surface area contributed by atoms with Gasteiger partial charge in [0.1, 0.15) is 5.82 Å². The molecule has 24 heavy (non-hydrogen) atoms. The van der Waals surface area contributed by atoms with Gasteiger partial charge >= 0.3 is 0 Å². The molecule has 2 N–H and O–H groups in total. The molecule has 1 amide bonds. The van der Waals surface area contributed by atoms with E-state index in [1.54, 1.807) is 12.4 Å². The Bertz CT molecular complexity index is 798. The highest BCUT2D eigenvalue weighted by molar-refractivity contribution is 6.30. The van der Waals surface area contributed by atoms with Gasteiger partial charge in [0.15, 0.2) is 0 Å². The minimum atomic E-state index is 0.0114. The fraction of sp³-hybridized carbons (Fsp3) is 0.158. The van der Waals surface area contributed by atoms with Crippen LogP contribution in [0, 0.1) is 0 Å². The molecule has 0 aliphatic rings. The first kappa shape index (κ1) is 16.3. The molecule has 1 aromatic heterocycles. The van der Waals surface area contributed by atoms with Gasteiger partial charge in [-0.1, -0.05) is 48.0 Å². The molecule has 5 heteroatoms. The van der Waals surface area contributed by atoms with Crippen LogP contribution in [0.1, 0.15) is 17.8 Å². The summed E-state index contributed by atoms with van der Waals surface area (Å²) in [6.07, 6.45) is 4.47. The maximum Gasteiger partial charge on any atom is 0.220 e. The molecule has 2 aromatic carbocycles. The van der Waals surface area contributed by atoms with E-state index in [9.17, 15) is 4.79 Å². The molecule has 0 aliphatic carbocycles. The lowest BCUT2D eigenvalue weighted by atomic mass is 10.00. The number of rotatable bonds is 6.